The molecule has 0 spiro atoms. The Bertz CT molecular complexity index is 616. The van der Waals surface area contributed by atoms with Crippen LogP contribution in [0.3, 0.4) is 0 Å². The Labute approximate surface area is 158 Å². The highest BCUT2D eigenvalue weighted by Gasteiger charge is 2.42. The van der Waals surface area contributed by atoms with Crippen molar-refractivity contribution in [3.05, 3.63) is 28.8 Å². The second-order valence-electron chi connectivity index (χ2n) is 10.1. The zero-order valence-corrected chi connectivity index (χ0v) is 17.4. The molecule has 0 aliphatic heterocycles. The van der Waals surface area contributed by atoms with Crippen molar-refractivity contribution in [2.45, 2.75) is 103 Å². The zero-order valence-electron chi connectivity index (χ0n) is 17.4. The summed E-state index contributed by atoms with van der Waals surface area (Å²) in [6, 6.07) is 3.95. The third-order valence-electron chi connectivity index (χ3n) is 5.90. The van der Waals surface area contributed by atoms with Crippen LogP contribution in [-0.2, 0) is 21.0 Å². The van der Waals surface area contributed by atoms with Gasteiger partial charge < -0.3 is 10.2 Å². The summed E-state index contributed by atoms with van der Waals surface area (Å²) in [7, 11) is 0. The summed E-state index contributed by atoms with van der Waals surface area (Å²) in [6.45, 7) is 12.4. The van der Waals surface area contributed by atoms with Crippen molar-refractivity contribution in [3.63, 3.8) is 0 Å². The van der Waals surface area contributed by atoms with E-state index in [-0.39, 0.29) is 10.8 Å². The Balaban J connectivity index is 2.74. The molecule has 1 aliphatic rings. The number of hydrogen-bond acceptors (Lipinski definition) is 2. The summed E-state index contributed by atoms with van der Waals surface area (Å²) in [5, 5.41) is 21.2. The van der Waals surface area contributed by atoms with E-state index in [1.807, 2.05) is 12.1 Å². The second-order valence-corrected chi connectivity index (χ2v) is 10.1. The van der Waals surface area contributed by atoms with E-state index in [1.165, 1.54) is 6.42 Å². The number of rotatable bonds is 2. The molecule has 1 aliphatic carbocycles. The SMILES string of the molecule is CC(C)(C)c1cc(C2(C(=O)O)CCCCCCC2)cc(C(C)(C)C)c1O. The fourth-order valence-corrected chi connectivity index (χ4v) is 4.19. The van der Waals surface area contributed by atoms with E-state index in [1.54, 1.807) is 0 Å². The number of hydrogen-bond donors (Lipinski definition) is 2. The van der Waals surface area contributed by atoms with Crippen LogP contribution in [0.15, 0.2) is 12.1 Å². The minimum Gasteiger partial charge on any atom is -0.507 e. The molecule has 0 unspecified atom stereocenters. The van der Waals surface area contributed by atoms with Crippen LogP contribution in [0.25, 0.3) is 0 Å². The number of aromatic hydroxyl groups is 1. The number of carboxylic acids is 1. The van der Waals surface area contributed by atoms with Gasteiger partial charge in [-0.3, -0.25) is 4.79 Å². The molecule has 3 nitrogen and oxygen atoms in total. The molecule has 0 amide bonds. The predicted molar refractivity (Wildman–Crippen MR) is 107 cm³/mol. The molecule has 0 aromatic heterocycles. The number of carboxylic acid groups (broad SMARTS) is 1. The van der Waals surface area contributed by atoms with E-state index in [0.717, 1.165) is 42.4 Å². The average molecular weight is 361 g/mol. The van der Waals surface area contributed by atoms with Crippen molar-refractivity contribution in [1.82, 2.24) is 0 Å². The molecule has 0 bridgehead atoms. The van der Waals surface area contributed by atoms with Crippen molar-refractivity contribution in [3.8, 4) is 5.75 Å². The van der Waals surface area contributed by atoms with Gasteiger partial charge in [-0.05, 0) is 40.4 Å². The first kappa shape index (κ1) is 20.8. The van der Waals surface area contributed by atoms with Crippen molar-refractivity contribution >= 4 is 5.97 Å². The first-order valence-electron chi connectivity index (χ1n) is 10.0. The van der Waals surface area contributed by atoms with Gasteiger partial charge >= 0.3 is 5.97 Å². The van der Waals surface area contributed by atoms with Crippen LogP contribution in [0.4, 0.5) is 0 Å². The fourth-order valence-electron chi connectivity index (χ4n) is 4.19. The molecule has 26 heavy (non-hydrogen) atoms. The van der Waals surface area contributed by atoms with Gasteiger partial charge in [0.1, 0.15) is 5.75 Å². The fraction of sp³-hybridized carbons (Fsp3) is 0.696. The minimum atomic E-state index is -0.839. The lowest BCUT2D eigenvalue weighted by molar-refractivity contribution is -0.144. The Morgan fingerprint density at radius 2 is 1.23 bits per heavy atom. The maximum Gasteiger partial charge on any atom is 0.314 e. The van der Waals surface area contributed by atoms with Gasteiger partial charge in [-0.15, -0.1) is 0 Å². The summed E-state index contributed by atoms with van der Waals surface area (Å²) >= 11 is 0. The lowest BCUT2D eigenvalue weighted by atomic mass is 9.68. The van der Waals surface area contributed by atoms with Crippen molar-refractivity contribution in [2.75, 3.05) is 0 Å². The van der Waals surface area contributed by atoms with Gasteiger partial charge in [-0.1, -0.05) is 85.8 Å². The number of phenolic OH excluding ortho intramolecular Hbond substituents is 1. The summed E-state index contributed by atoms with van der Waals surface area (Å²) in [6.07, 6.45) is 6.66. The number of benzene rings is 1. The third kappa shape index (κ3) is 4.07. The first-order chi connectivity index (χ1) is 11.9. The largest absolute Gasteiger partial charge is 0.507 e. The highest BCUT2D eigenvalue weighted by molar-refractivity contribution is 5.82. The van der Waals surface area contributed by atoms with E-state index < -0.39 is 11.4 Å². The van der Waals surface area contributed by atoms with Gasteiger partial charge in [0.25, 0.3) is 0 Å². The van der Waals surface area contributed by atoms with Crippen LogP contribution in [0.1, 0.15) is 103 Å². The van der Waals surface area contributed by atoms with Gasteiger partial charge in [-0.25, -0.2) is 0 Å². The number of carbonyl (C=O) groups is 1. The van der Waals surface area contributed by atoms with E-state index >= 15 is 0 Å². The van der Waals surface area contributed by atoms with E-state index in [2.05, 4.69) is 41.5 Å². The van der Waals surface area contributed by atoms with Crippen LogP contribution in [-0.4, -0.2) is 16.2 Å². The molecule has 3 heteroatoms. The van der Waals surface area contributed by atoms with Gasteiger partial charge in [0.15, 0.2) is 0 Å². The Morgan fingerprint density at radius 3 is 1.58 bits per heavy atom. The van der Waals surface area contributed by atoms with Crippen LogP contribution in [0, 0.1) is 0 Å². The highest BCUT2D eigenvalue weighted by Crippen LogP contribution is 2.45. The summed E-state index contributed by atoms with van der Waals surface area (Å²) < 4.78 is 0. The molecule has 1 aromatic carbocycles. The van der Waals surface area contributed by atoms with Gasteiger partial charge in [-0.2, -0.15) is 0 Å². The van der Waals surface area contributed by atoms with Crippen LogP contribution < -0.4 is 0 Å². The zero-order chi connectivity index (χ0) is 19.8. The summed E-state index contributed by atoms with van der Waals surface area (Å²) in [5.74, 6) is -0.398. The van der Waals surface area contributed by atoms with Crippen molar-refractivity contribution in [1.29, 1.82) is 0 Å². The first-order valence-corrected chi connectivity index (χ1v) is 10.0. The second kappa shape index (κ2) is 7.25. The quantitative estimate of drug-likeness (QED) is 0.674. The smallest absolute Gasteiger partial charge is 0.314 e. The minimum absolute atomic E-state index is 0.249. The van der Waals surface area contributed by atoms with Crippen LogP contribution in [0.2, 0.25) is 0 Å². The molecule has 1 fully saturated rings. The summed E-state index contributed by atoms with van der Waals surface area (Å²) in [5.41, 5.74) is 1.24. The van der Waals surface area contributed by atoms with E-state index in [0.29, 0.717) is 18.6 Å². The highest BCUT2D eigenvalue weighted by atomic mass is 16.4. The van der Waals surface area contributed by atoms with Crippen LogP contribution >= 0.6 is 0 Å². The molecule has 1 aromatic rings. The number of phenols is 1. The molecule has 2 rings (SSSR count). The topological polar surface area (TPSA) is 57.5 Å². The standard InChI is InChI=1S/C23H36O3/c1-21(2,3)17-14-16(15-18(19(17)24)22(4,5)6)23(20(25)26)12-10-8-7-9-11-13-23/h14-15,24H,7-13H2,1-6H3,(H,25,26). The molecule has 0 atom stereocenters. The lowest BCUT2D eigenvalue weighted by Crippen LogP contribution is -2.37. The molecule has 0 radical (unpaired) electrons. The maximum atomic E-state index is 12.5. The van der Waals surface area contributed by atoms with E-state index in [4.69, 9.17) is 0 Å². The molecular formula is C23H36O3. The molecular weight excluding hydrogens is 324 g/mol. The van der Waals surface area contributed by atoms with Crippen molar-refractivity contribution in [2.24, 2.45) is 0 Å². The Morgan fingerprint density at radius 1 is 0.846 bits per heavy atom. The number of aliphatic carboxylic acids is 1. The molecule has 1 saturated carbocycles. The van der Waals surface area contributed by atoms with Gasteiger partial charge in [0.2, 0.25) is 0 Å². The third-order valence-corrected chi connectivity index (χ3v) is 5.90. The Kier molecular flexibility index (Phi) is 5.80. The molecule has 0 heterocycles. The average Bonchev–Trinajstić information content (AvgIpc) is 2.45. The summed E-state index contributed by atoms with van der Waals surface area (Å²) in [4.78, 5) is 12.5. The van der Waals surface area contributed by atoms with Crippen molar-refractivity contribution < 1.29 is 15.0 Å². The Hall–Kier alpha value is -1.51. The molecule has 2 N–H and O–H groups in total. The van der Waals surface area contributed by atoms with Crippen LogP contribution in [0.5, 0.6) is 5.75 Å². The normalized spacial score (nSPS) is 18.8. The van der Waals surface area contributed by atoms with Gasteiger partial charge in [0.05, 0.1) is 5.41 Å². The molecule has 0 saturated heterocycles. The lowest BCUT2D eigenvalue weighted by Gasteiger charge is -2.35. The predicted octanol–water partition coefficient (Wildman–Crippen LogP) is 6.05. The van der Waals surface area contributed by atoms with E-state index in [9.17, 15) is 15.0 Å². The maximum absolute atomic E-state index is 12.5. The van der Waals surface area contributed by atoms with Gasteiger partial charge in [0, 0.05) is 0 Å². The monoisotopic (exact) mass is 360 g/mol. The molecule has 146 valence electrons.